The summed E-state index contributed by atoms with van der Waals surface area (Å²) in [5.41, 5.74) is 2.51. The molecule has 0 amide bonds. The molecule has 154 valence electrons. The lowest BCUT2D eigenvalue weighted by atomic mass is 10.1. The SMILES string of the molecule is CCNC(=NCc1ccc(CN2CCC(O)CC2)cc1)NCCOCC.I. The van der Waals surface area contributed by atoms with Gasteiger partial charge in [-0.3, -0.25) is 4.90 Å². The van der Waals surface area contributed by atoms with Crippen molar-refractivity contribution in [3.63, 3.8) is 0 Å². The molecule has 7 heteroatoms. The molecule has 0 unspecified atom stereocenters. The van der Waals surface area contributed by atoms with Crippen molar-refractivity contribution in [2.24, 2.45) is 4.99 Å². The van der Waals surface area contributed by atoms with E-state index in [9.17, 15) is 5.11 Å². The first-order valence-corrected chi connectivity index (χ1v) is 9.79. The van der Waals surface area contributed by atoms with Crippen LogP contribution < -0.4 is 10.6 Å². The standard InChI is InChI=1S/C20H34N4O2.HI/c1-3-21-20(22-11-14-26-4-2)23-15-17-5-7-18(8-6-17)16-24-12-9-19(25)10-13-24;/h5-8,19,25H,3-4,9-16H2,1-2H3,(H2,21,22,23);1H. The van der Waals surface area contributed by atoms with E-state index in [0.717, 1.165) is 58.1 Å². The lowest BCUT2D eigenvalue weighted by Gasteiger charge is -2.29. The van der Waals surface area contributed by atoms with Crippen LogP contribution in [0.25, 0.3) is 0 Å². The Morgan fingerprint density at radius 2 is 1.81 bits per heavy atom. The highest BCUT2D eigenvalue weighted by Gasteiger charge is 2.16. The van der Waals surface area contributed by atoms with E-state index in [1.807, 2.05) is 6.92 Å². The summed E-state index contributed by atoms with van der Waals surface area (Å²) >= 11 is 0. The molecule has 1 aromatic carbocycles. The van der Waals surface area contributed by atoms with Crippen LogP contribution in [-0.4, -0.2) is 61.5 Å². The van der Waals surface area contributed by atoms with Crippen LogP contribution in [-0.2, 0) is 17.8 Å². The molecule has 0 aliphatic carbocycles. The summed E-state index contributed by atoms with van der Waals surface area (Å²) in [6.45, 7) is 10.6. The molecule has 0 bridgehead atoms. The fourth-order valence-electron chi connectivity index (χ4n) is 2.98. The summed E-state index contributed by atoms with van der Waals surface area (Å²) in [5.74, 6) is 0.822. The summed E-state index contributed by atoms with van der Waals surface area (Å²) in [6, 6.07) is 8.68. The second-order valence-electron chi connectivity index (χ2n) is 6.64. The zero-order valence-corrected chi connectivity index (χ0v) is 18.9. The molecule has 1 fully saturated rings. The number of hydrogen-bond acceptors (Lipinski definition) is 4. The lowest BCUT2D eigenvalue weighted by molar-refractivity contribution is 0.0792. The average molecular weight is 490 g/mol. The molecule has 1 aromatic rings. The highest BCUT2D eigenvalue weighted by Crippen LogP contribution is 2.14. The van der Waals surface area contributed by atoms with Crippen LogP contribution in [0.2, 0.25) is 0 Å². The van der Waals surface area contributed by atoms with E-state index in [1.54, 1.807) is 0 Å². The van der Waals surface area contributed by atoms with Crippen LogP contribution in [0.4, 0.5) is 0 Å². The third-order valence-electron chi connectivity index (χ3n) is 4.49. The molecule has 2 rings (SSSR count). The first kappa shape index (κ1) is 24.1. The van der Waals surface area contributed by atoms with Crippen LogP contribution in [0.3, 0.4) is 0 Å². The van der Waals surface area contributed by atoms with Crippen LogP contribution in [0.15, 0.2) is 29.3 Å². The second kappa shape index (κ2) is 14.1. The number of likely N-dealkylation sites (tertiary alicyclic amines) is 1. The molecule has 0 atom stereocenters. The van der Waals surface area contributed by atoms with Gasteiger partial charge in [0.1, 0.15) is 0 Å². The van der Waals surface area contributed by atoms with Gasteiger partial charge in [0.15, 0.2) is 5.96 Å². The molecule has 27 heavy (non-hydrogen) atoms. The van der Waals surface area contributed by atoms with Crippen molar-refractivity contribution in [2.45, 2.75) is 45.9 Å². The van der Waals surface area contributed by atoms with Gasteiger partial charge in [0.25, 0.3) is 0 Å². The molecule has 0 aromatic heterocycles. The molecular weight excluding hydrogens is 455 g/mol. The van der Waals surface area contributed by atoms with Crippen molar-refractivity contribution in [2.75, 3.05) is 39.4 Å². The maximum atomic E-state index is 9.60. The second-order valence-corrected chi connectivity index (χ2v) is 6.64. The van der Waals surface area contributed by atoms with Gasteiger partial charge >= 0.3 is 0 Å². The third-order valence-corrected chi connectivity index (χ3v) is 4.49. The normalized spacial score (nSPS) is 16.0. The molecule has 1 aliphatic rings. The highest BCUT2D eigenvalue weighted by atomic mass is 127. The Hall–Kier alpha value is -0.900. The maximum absolute atomic E-state index is 9.60. The highest BCUT2D eigenvalue weighted by molar-refractivity contribution is 14.0. The maximum Gasteiger partial charge on any atom is 0.191 e. The van der Waals surface area contributed by atoms with E-state index in [0.29, 0.717) is 13.2 Å². The van der Waals surface area contributed by atoms with E-state index in [4.69, 9.17) is 4.74 Å². The number of aliphatic hydroxyl groups is 1. The number of aliphatic hydroxyl groups excluding tert-OH is 1. The molecule has 1 saturated heterocycles. The number of piperidine rings is 1. The van der Waals surface area contributed by atoms with Gasteiger partial charge in [0, 0.05) is 39.3 Å². The van der Waals surface area contributed by atoms with Crippen molar-refractivity contribution < 1.29 is 9.84 Å². The Bertz CT molecular complexity index is 531. The van der Waals surface area contributed by atoms with Gasteiger partial charge in [-0.05, 0) is 37.8 Å². The average Bonchev–Trinajstić information content (AvgIpc) is 2.66. The molecule has 6 nitrogen and oxygen atoms in total. The zero-order valence-electron chi connectivity index (χ0n) is 16.6. The van der Waals surface area contributed by atoms with Crippen LogP contribution >= 0.6 is 24.0 Å². The Morgan fingerprint density at radius 3 is 2.44 bits per heavy atom. The van der Waals surface area contributed by atoms with E-state index in [-0.39, 0.29) is 30.1 Å². The van der Waals surface area contributed by atoms with E-state index < -0.39 is 0 Å². The van der Waals surface area contributed by atoms with Gasteiger partial charge in [-0.15, -0.1) is 24.0 Å². The predicted octanol–water partition coefficient (Wildman–Crippen LogP) is 2.35. The van der Waals surface area contributed by atoms with Gasteiger partial charge in [0.2, 0.25) is 0 Å². The van der Waals surface area contributed by atoms with E-state index >= 15 is 0 Å². The van der Waals surface area contributed by atoms with Crippen LogP contribution in [0.5, 0.6) is 0 Å². The number of nitrogens with one attached hydrogen (secondary N) is 2. The summed E-state index contributed by atoms with van der Waals surface area (Å²) < 4.78 is 5.34. The minimum Gasteiger partial charge on any atom is -0.393 e. The number of benzene rings is 1. The number of guanidine groups is 1. The number of halogens is 1. The topological polar surface area (TPSA) is 69.1 Å². The number of hydrogen-bond donors (Lipinski definition) is 3. The molecule has 1 heterocycles. The molecule has 3 N–H and O–H groups in total. The minimum atomic E-state index is -0.112. The lowest BCUT2D eigenvalue weighted by Crippen LogP contribution is -2.39. The van der Waals surface area contributed by atoms with E-state index in [2.05, 4.69) is 51.7 Å². The minimum absolute atomic E-state index is 0. The first-order chi connectivity index (χ1) is 12.7. The number of rotatable bonds is 9. The largest absolute Gasteiger partial charge is 0.393 e. The molecular formula is C20H35IN4O2. The third kappa shape index (κ3) is 9.73. The molecule has 0 saturated carbocycles. The zero-order chi connectivity index (χ0) is 18.6. The fraction of sp³-hybridized carbons (Fsp3) is 0.650. The fourth-order valence-corrected chi connectivity index (χ4v) is 2.98. The Labute approximate surface area is 180 Å². The van der Waals surface area contributed by atoms with Gasteiger partial charge in [0.05, 0.1) is 19.3 Å². The Kier molecular flexibility index (Phi) is 12.6. The quantitative estimate of drug-likeness (QED) is 0.215. The van der Waals surface area contributed by atoms with Gasteiger partial charge in [-0.25, -0.2) is 4.99 Å². The monoisotopic (exact) mass is 490 g/mol. The summed E-state index contributed by atoms with van der Waals surface area (Å²) in [4.78, 5) is 7.04. The van der Waals surface area contributed by atoms with Crippen molar-refractivity contribution in [1.82, 2.24) is 15.5 Å². The van der Waals surface area contributed by atoms with Gasteiger partial charge in [-0.1, -0.05) is 24.3 Å². The van der Waals surface area contributed by atoms with Crippen molar-refractivity contribution in [3.05, 3.63) is 35.4 Å². The number of ether oxygens (including phenoxy) is 1. The first-order valence-electron chi connectivity index (χ1n) is 9.79. The van der Waals surface area contributed by atoms with Crippen molar-refractivity contribution in [1.29, 1.82) is 0 Å². The predicted molar refractivity (Wildman–Crippen MR) is 122 cm³/mol. The summed E-state index contributed by atoms with van der Waals surface area (Å²) in [6.07, 6.45) is 1.66. The van der Waals surface area contributed by atoms with E-state index in [1.165, 1.54) is 11.1 Å². The number of nitrogens with zero attached hydrogens (tertiary/aromatic N) is 2. The molecule has 0 radical (unpaired) electrons. The van der Waals surface area contributed by atoms with Gasteiger partial charge in [-0.2, -0.15) is 0 Å². The number of aliphatic imine (C=N–C) groups is 1. The van der Waals surface area contributed by atoms with Crippen molar-refractivity contribution in [3.8, 4) is 0 Å². The Balaban J connectivity index is 0.00000364. The molecule has 0 spiro atoms. The van der Waals surface area contributed by atoms with Gasteiger partial charge < -0.3 is 20.5 Å². The smallest absolute Gasteiger partial charge is 0.191 e. The van der Waals surface area contributed by atoms with Crippen LogP contribution in [0.1, 0.15) is 37.8 Å². The van der Waals surface area contributed by atoms with Crippen LogP contribution in [0, 0.1) is 0 Å². The van der Waals surface area contributed by atoms with Crippen molar-refractivity contribution >= 4 is 29.9 Å². The summed E-state index contributed by atoms with van der Waals surface area (Å²) in [7, 11) is 0. The Morgan fingerprint density at radius 1 is 1.15 bits per heavy atom. The summed E-state index contributed by atoms with van der Waals surface area (Å²) in [5, 5.41) is 16.1. The molecule has 1 aliphatic heterocycles.